The number of H-pyrrole nitrogens is 1. The number of nitrogens with one attached hydrogen (secondary N) is 1. The van der Waals surface area contributed by atoms with E-state index < -0.39 is 55.7 Å². The lowest BCUT2D eigenvalue weighted by atomic mass is 9.89. The average Bonchev–Trinajstić information content (AvgIpc) is 2.71. The van der Waals surface area contributed by atoms with Crippen molar-refractivity contribution in [3.05, 3.63) is 32.6 Å². The molecular weight excluding hydrogens is 332 g/mol. The molecule has 0 bridgehead atoms. The van der Waals surface area contributed by atoms with Crippen molar-refractivity contribution in [3.8, 4) is 0 Å². The summed E-state index contributed by atoms with van der Waals surface area (Å²) in [7, 11) is -1.95. The third-order valence-corrected chi connectivity index (χ3v) is 7.01. The number of hydrogen-bond acceptors (Lipinski definition) is 6. The smallest absolute Gasteiger partial charge is 0.330 e. The molecule has 1 aliphatic heterocycles. The summed E-state index contributed by atoms with van der Waals surface area (Å²) < 4.78 is 7.00. The first-order valence-corrected chi connectivity index (χ1v) is 10.9. The van der Waals surface area contributed by atoms with E-state index in [-0.39, 0.29) is 0 Å². The molecule has 0 unspecified atom stereocenters. The Morgan fingerprint density at radius 2 is 1.92 bits per heavy atom. The first-order valence-electron chi connectivity index (χ1n) is 7.98. The van der Waals surface area contributed by atoms with Crippen molar-refractivity contribution in [1.29, 1.82) is 0 Å². The van der Waals surface area contributed by atoms with E-state index in [1.807, 2.05) is 33.9 Å². The van der Waals surface area contributed by atoms with Gasteiger partial charge in [0.2, 0.25) is 0 Å². The zero-order valence-electron chi connectivity index (χ0n) is 14.6. The van der Waals surface area contributed by atoms with E-state index in [0.29, 0.717) is 5.56 Å². The largest absolute Gasteiger partial charge is 0.394 e. The molecule has 0 amide bonds. The highest BCUT2D eigenvalue weighted by Crippen LogP contribution is 2.37. The highest BCUT2D eigenvalue weighted by molar-refractivity contribution is 6.58. The summed E-state index contributed by atoms with van der Waals surface area (Å²) in [4.78, 5) is 26.9. The highest BCUT2D eigenvalue weighted by atomic mass is 28.3. The molecule has 4 N–H and O–H groups in total. The fourth-order valence-corrected chi connectivity index (χ4v) is 5.27. The standard InChI is InChI=1S/C15H26N2O6Si/c1-14(2,3)8-6-17(13(22)16-12(8)21)15(24(4)5)11(20)10(19)9(7-18)23-15/h6,9-11,18-20,24H,7H2,1-5H3,(H,16,21,22)/t9-,10-,11-,15+/m1/s1. The van der Waals surface area contributed by atoms with E-state index in [9.17, 15) is 24.9 Å². The summed E-state index contributed by atoms with van der Waals surface area (Å²) in [5.41, 5.74) is -1.36. The number of ether oxygens (including phenoxy) is 1. The maximum absolute atomic E-state index is 12.5. The Bertz CT molecular complexity index is 722. The molecule has 24 heavy (non-hydrogen) atoms. The Morgan fingerprint density at radius 3 is 2.33 bits per heavy atom. The number of aliphatic hydroxyl groups is 3. The monoisotopic (exact) mass is 358 g/mol. The van der Waals surface area contributed by atoms with E-state index in [4.69, 9.17) is 4.74 Å². The van der Waals surface area contributed by atoms with Crippen LogP contribution in [-0.2, 0) is 15.5 Å². The molecule has 1 aliphatic rings. The molecule has 4 atom stereocenters. The SMILES string of the molecule is C[SiH](C)[C@@]1(n2cc(C(C)(C)C)c(=O)[nH]c2=O)O[C@H](CO)[C@@H](O)[C@H]1O. The number of hydrogen-bond donors (Lipinski definition) is 4. The molecule has 0 aliphatic carbocycles. The lowest BCUT2D eigenvalue weighted by molar-refractivity contribution is -0.0941. The topological polar surface area (TPSA) is 125 Å². The first-order chi connectivity index (χ1) is 11.0. The van der Waals surface area contributed by atoms with Gasteiger partial charge in [-0.15, -0.1) is 0 Å². The molecule has 2 heterocycles. The van der Waals surface area contributed by atoms with Crippen LogP contribution in [-0.4, -0.2) is 58.6 Å². The van der Waals surface area contributed by atoms with Crippen LogP contribution in [0.25, 0.3) is 0 Å². The normalized spacial score (nSPS) is 31.0. The summed E-state index contributed by atoms with van der Waals surface area (Å²) >= 11 is 0. The summed E-state index contributed by atoms with van der Waals surface area (Å²) in [6, 6.07) is 0. The van der Waals surface area contributed by atoms with Gasteiger partial charge in [0, 0.05) is 11.8 Å². The molecule has 0 radical (unpaired) electrons. The van der Waals surface area contributed by atoms with Crippen molar-refractivity contribution < 1.29 is 20.1 Å². The third-order valence-electron chi connectivity index (χ3n) is 4.60. The van der Waals surface area contributed by atoms with E-state index in [1.54, 1.807) is 0 Å². The van der Waals surface area contributed by atoms with Gasteiger partial charge < -0.3 is 20.1 Å². The summed E-state index contributed by atoms with van der Waals surface area (Å²) in [5.74, 6) is 0. The van der Waals surface area contributed by atoms with Crippen molar-refractivity contribution in [2.75, 3.05) is 6.61 Å². The minimum absolute atomic E-state index is 0.369. The van der Waals surface area contributed by atoms with Crippen LogP contribution in [0.1, 0.15) is 26.3 Å². The van der Waals surface area contributed by atoms with E-state index >= 15 is 0 Å². The van der Waals surface area contributed by atoms with Crippen molar-refractivity contribution in [2.24, 2.45) is 0 Å². The number of aromatic amines is 1. The predicted octanol–water partition coefficient (Wildman–Crippen LogP) is -1.37. The van der Waals surface area contributed by atoms with Crippen LogP contribution in [0.2, 0.25) is 13.1 Å². The molecule has 1 aromatic heterocycles. The van der Waals surface area contributed by atoms with Gasteiger partial charge in [-0.3, -0.25) is 14.3 Å². The predicted molar refractivity (Wildman–Crippen MR) is 90.8 cm³/mol. The van der Waals surface area contributed by atoms with Crippen LogP contribution < -0.4 is 11.2 Å². The van der Waals surface area contributed by atoms with Gasteiger partial charge in [0.1, 0.15) is 18.3 Å². The van der Waals surface area contributed by atoms with Crippen molar-refractivity contribution in [2.45, 2.75) is 62.9 Å². The van der Waals surface area contributed by atoms with Gasteiger partial charge in [0.25, 0.3) is 5.56 Å². The minimum atomic E-state index is -1.95. The zero-order valence-corrected chi connectivity index (χ0v) is 15.8. The number of aromatic nitrogens is 2. The summed E-state index contributed by atoms with van der Waals surface area (Å²) in [6.07, 6.45) is -2.28. The van der Waals surface area contributed by atoms with Gasteiger partial charge >= 0.3 is 5.69 Å². The second-order valence-corrected chi connectivity index (χ2v) is 10.7. The zero-order chi connectivity index (χ0) is 18.4. The number of nitrogens with zero attached hydrogens (tertiary/aromatic N) is 1. The van der Waals surface area contributed by atoms with Gasteiger partial charge in [-0.2, -0.15) is 0 Å². The lowest BCUT2D eigenvalue weighted by Gasteiger charge is -2.37. The number of aliphatic hydroxyl groups excluding tert-OH is 3. The molecule has 1 aromatic rings. The fourth-order valence-electron chi connectivity index (χ4n) is 3.20. The van der Waals surface area contributed by atoms with E-state index in [2.05, 4.69) is 4.98 Å². The Morgan fingerprint density at radius 1 is 1.33 bits per heavy atom. The first kappa shape index (κ1) is 19.1. The molecule has 0 saturated carbocycles. The van der Waals surface area contributed by atoms with Crippen molar-refractivity contribution in [3.63, 3.8) is 0 Å². The van der Waals surface area contributed by atoms with Crippen LogP contribution in [0, 0.1) is 0 Å². The van der Waals surface area contributed by atoms with Gasteiger partial charge in [0.15, 0.2) is 5.35 Å². The van der Waals surface area contributed by atoms with Gasteiger partial charge in [-0.05, 0) is 5.41 Å². The van der Waals surface area contributed by atoms with E-state index in [0.717, 1.165) is 0 Å². The fraction of sp³-hybridized carbons (Fsp3) is 0.733. The Balaban J connectivity index is 2.75. The molecule has 2 rings (SSSR count). The van der Waals surface area contributed by atoms with Crippen LogP contribution in [0.5, 0.6) is 0 Å². The average molecular weight is 358 g/mol. The van der Waals surface area contributed by atoms with Gasteiger partial charge in [0.05, 0.1) is 15.4 Å². The molecule has 0 aromatic carbocycles. The maximum atomic E-state index is 12.5. The lowest BCUT2D eigenvalue weighted by Crippen LogP contribution is -2.59. The van der Waals surface area contributed by atoms with Crippen LogP contribution in [0.3, 0.4) is 0 Å². The minimum Gasteiger partial charge on any atom is -0.394 e. The Hall–Kier alpha value is -1.26. The van der Waals surface area contributed by atoms with Crippen molar-refractivity contribution in [1.82, 2.24) is 9.55 Å². The second kappa shape index (κ2) is 6.23. The molecule has 8 nitrogen and oxygen atoms in total. The molecule has 9 heteroatoms. The molecule has 136 valence electrons. The number of rotatable bonds is 3. The maximum Gasteiger partial charge on any atom is 0.330 e. The van der Waals surface area contributed by atoms with Gasteiger partial charge in [-0.1, -0.05) is 33.9 Å². The third kappa shape index (κ3) is 2.80. The quantitative estimate of drug-likeness (QED) is 0.494. The van der Waals surface area contributed by atoms with Gasteiger partial charge in [-0.25, -0.2) is 4.79 Å². The molecular formula is C15H26N2O6Si. The van der Waals surface area contributed by atoms with Crippen LogP contribution in [0.15, 0.2) is 15.8 Å². The van der Waals surface area contributed by atoms with Crippen LogP contribution in [0.4, 0.5) is 0 Å². The Kier molecular flexibility index (Phi) is 4.95. The highest BCUT2D eigenvalue weighted by Gasteiger charge is 2.57. The van der Waals surface area contributed by atoms with Crippen LogP contribution >= 0.6 is 0 Å². The molecule has 0 spiro atoms. The second-order valence-electron chi connectivity index (χ2n) is 7.60. The van der Waals surface area contributed by atoms with Crippen molar-refractivity contribution >= 4 is 8.80 Å². The molecule has 1 saturated heterocycles. The van der Waals surface area contributed by atoms with E-state index in [1.165, 1.54) is 10.8 Å². The Labute approximate surface area is 141 Å². The summed E-state index contributed by atoms with van der Waals surface area (Å²) in [5, 5.41) is 28.7. The molecule has 1 fully saturated rings. The summed E-state index contributed by atoms with van der Waals surface area (Å²) in [6.45, 7) is 8.76.